The summed E-state index contributed by atoms with van der Waals surface area (Å²) in [5.41, 5.74) is 2.53. The number of benzene rings is 1. The Balaban J connectivity index is 1.10. The van der Waals surface area contributed by atoms with Crippen molar-refractivity contribution in [2.75, 3.05) is 26.7 Å². The summed E-state index contributed by atoms with van der Waals surface area (Å²) in [4.78, 5) is 51.0. The number of likely N-dealkylation sites (tertiary alicyclic amines) is 1. The maximum absolute atomic E-state index is 15.0. The maximum atomic E-state index is 15.0. The fraction of sp³-hybridized carbons (Fsp3) is 0.382. The molecule has 1 aromatic carbocycles. The van der Waals surface area contributed by atoms with E-state index in [1.807, 2.05) is 24.0 Å². The van der Waals surface area contributed by atoms with E-state index in [0.29, 0.717) is 60.1 Å². The molecule has 234 valence electrons. The van der Waals surface area contributed by atoms with Gasteiger partial charge >= 0.3 is 6.03 Å². The molecule has 0 atom stereocenters. The molecule has 9 nitrogen and oxygen atoms in total. The third-order valence-corrected chi connectivity index (χ3v) is 9.58. The number of ether oxygens (including phenoxy) is 1. The van der Waals surface area contributed by atoms with Crippen LogP contribution in [-0.4, -0.2) is 70.2 Å². The van der Waals surface area contributed by atoms with Gasteiger partial charge in [-0.3, -0.25) is 19.6 Å². The van der Waals surface area contributed by atoms with E-state index in [1.165, 1.54) is 17.4 Å². The lowest BCUT2D eigenvalue weighted by atomic mass is 10.0. The summed E-state index contributed by atoms with van der Waals surface area (Å²) in [7, 11) is 1.80. The predicted molar refractivity (Wildman–Crippen MR) is 171 cm³/mol. The van der Waals surface area contributed by atoms with Crippen LogP contribution in [0, 0.1) is 11.7 Å². The molecule has 0 spiro atoms. The average molecular weight is 630 g/mol. The Morgan fingerprint density at radius 1 is 1.04 bits per heavy atom. The monoisotopic (exact) mass is 629 g/mol. The molecule has 45 heavy (non-hydrogen) atoms. The number of hydrogen-bond donors (Lipinski definition) is 1. The first-order valence-electron chi connectivity index (χ1n) is 15.4. The lowest BCUT2D eigenvalue weighted by Gasteiger charge is -2.36. The number of urea groups is 1. The van der Waals surface area contributed by atoms with Crippen LogP contribution < -0.4 is 10.1 Å². The molecule has 1 aliphatic heterocycles. The van der Waals surface area contributed by atoms with E-state index in [-0.39, 0.29) is 35.9 Å². The number of carbonyl (C=O) groups excluding carboxylic acids is 3. The Labute approximate surface area is 265 Å². The third-order valence-electron chi connectivity index (χ3n) is 8.42. The fourth-order valence-corrected chi connectivity index (χ4v) is 6.71. The Morgan fingerprint density at radius 2 is 1.84 bits per heavy atom. The van der Waals surface area contributed by atoms with Gasteiger partial charge in [0.25, 0.3) is 5.91 Å². The molecule has 0 bridgehead atoms. The molecular formula is C34H36FN5O4S. The first-order chi connectivity index (χ1) is 21.8. The second-order valence-electron chi connectivity index (χ2n) is 11.8. The van der Waals surface area contributed by atoms with Gasteiger partial charge < -0.3 is 19.9 Å². The minimum absolute atomic E-state index is 0.0803. The summed E-state index contributed by atoms with van der Waals surface area (Å²) in [5.74, 6) is 0.600. The molecule has 0 unspecified atom stereocenters. The lowest BCUT2D eigenvalue weighted by molar-refractivity contribution is -0.118. The Kier molecular flexibility index (Phi) is 9.07. The summed E-state index contributed by atoms with van der Waals surface area (Å²) < 4.78 is 21.7. The summed E-state index contributed by atoms with van der Waals surface area (Å²) in [5, 5.41) is 2.82. The van der Waals surface area contributed by atoms with E-state index in [0.717, 1.165) is 35.3 Å². The molecule has 1 saturated carbocycles. The summed E-state index contributed by atoms with van der Waals surface area (Å²) in [6, 6.07) is 11.9. The van der Waals surface area contributed by atoms with Crippen molar-refractivity contribution >= 4 is 39.3 Å². The van der Waals surface area contributed by atoms with Crippen LogP contribution in [0.4, 0.5) is 9.18 Å². The molecule has 6 rings (SSSR count). The van der Waals surface area contributed by atoms with E-state index in [1.54, 1.807) is 48.6 Å². The Bertz CT molecular complexity index is 1710. The van der Waals surface area contributed by atoms with Crippen molar-refractivity contribution in [2.24, 2.45) is 5.92 Å². The van der Waals surface area contributed by atoms with Gasteiger partial charge in [0.1, 0.15) is 11.5 Å². The largest absolute Gasteiger partial charge is 0.453 e. The predicted octanol–water partition coefficient (Wildman–Crippen LogP) is 6.47. The van der Waals surface area contributed by atoms with Crippen molar-refractivity contribution in [2.45, 2.75) is 51.5 Å². The van der Waals surface area contributed by atoms with E-state index < -0.39 is 5.82 Å². The third kappa shape index (κ3) is 7.14. The number of fused-ring (bicyclic) bond motifs is 1. The number of Topliss-reactive ketones (excluding diaryl/α,β-unsaturated/α-hetero) is 1. The summed E-state index contributed by atoms with van der Waals surface area (Å²) in [6.45, 7) is 3.61. The molecule has 2 aliphatic rings. The van der Waals surface area contributed by atoms with Crippen molar-refractivity contribution in [1.82, 2.24) is 25.1 Å². The van der Waals surface area contributed by atoms with Crippen LogP contribution >= 0.6 is 11.3 Å². The van der Waals surface area contributed by atoms with Crippen molar-refractivity contribution in [3.8, 4) is 22.1 Å². The molecule has 4 heterocycles. The number of nitrogens with zero attached hydrogens (tertiary/aromatic N) is 4. The van der Waals surface area contributed by atoms with Gasteiger partial charge in [-0.1, -0.05) is 6.07 Å². The van der Waals surface area contributed by atoms with Crippen LogP contribution in [0.5, 0.6) is 11.5 Å². The van der Waals surface area contributed by atoms with Crippen molar-refractivity contribution in [3.05, 3.63) is 71.8 Å². The van der Waals surface area contributed by atoms with Crippen LogP contribution in [-0.2, 0) is 11.2 Å². The molecule has 1 N–H and O–H groups in total. The molecule has 3 amide bonds. The Morgan fingerprint density at radius 3 is 2.53 bits per heavy atom. The molecule has 4 aromatic rings. The van der Waals surface area contributed by atoms with Gasteiger partial charge in [-0.05, 0) is 74.4 Å². The van der Waals surface area contributed by atoms with E-state index >= 15 is 0 Å². The van der Waals surface area contributed by atoms with Crippen molar-refractivity contribution < 1.29 is 23.5 Å². The number of aromatic nitrogens is 2. The number of halogens is 1. The van der Waals surface area contributed by atoms with Crippen LogP contribution in [0.3, 0.4) is 0 Å². The molecule has 1 aliphatic carbocycles. The number of pyridine rings is 2. The van der Waals surface area contributed by atoms with Crippen molar-refractivity contribution in [3.63, 3.8) is 0 Å². The maximum Gasteiger partial charge on any atom is 0.317 e. The molecule has 3 aromatic heterocycles. The highest BCUT2D eigenvalue weighted by atomic mass is 32.1. The highest BCUT2D eigenvalue weighted by Crippen LogP contribution is 2.39. The molecule has 11 heteroatoms. The van der Waals surface area contributed by atoms with Gasteiger partial charge in [-0.25, -0.2) is 9.18 Å². The van der Waals surface area contributed by atoms with Gasteiger partial charge in [0.15, 0.2) is 11.6 Å². The highest BCUT2D eigenvalue weighted by Gasteiger charge is 2.28. The number of amides is 3. The first kappa shape index (κ1) is 30.6. The topological polar surface area (TPSA) is 105 Å². The van der Waals surface area contributed by atoms with E-state index in [9.17, 15) is 18.8 Å². The second-order valence-corrected chi connectivity index (χ2v) is 12.8. The number of piperidine rings is 1. The molecule has 0 radical (unpaired) electrons. The normalized spacial score (nSPS) is 15.2. The van der Waals surface area contributed by atoms with Gasteiger partial charge in [0.2, 0.25) is 0 Å². The SMILES string of the molecule is CCNC(=O)N(C)C1CCN(C(=O)c2ccc(-c3cc4nccc(Oc5ccc(CC(=O)CC6CC6)cc5F)c4s3)nc2)CC1. The van der Waals surface area contributed by atoms with Crippen LogP contribution in [0.15, 0.2) is 54.9 Å². The van der Waals surface area contributed by atoms with Gasteiger partial charge in [0.05, 0.1) is 26.4 Å². The zero-order valence-electron chi connectivity index (χ0n) is 25.4. The zero-order valence-corrected chi connectivity index (χ0v) is 26.2. The fourth-order valence-electron chi connectivity index (χ4n) is 5.67. The van der Waals surface area contributed by atoms with Gasteiger partial charge in [-0.2, -0.15) is 0 Å². The molecule has 1 saturated heterocycles. The number of rotatable bonds is 10. The van der Waals surface area contributed by atoms with Crippen molar-refractivity contribution in [1.29, 1.82) is 0 Å². The lowest BCUT2D eigenvalue weighted by Crippen LogP contribution is -2.49. The number of carbonyl (C=O) groups is 3. The molecular weight excluding hydrogens is 593 g/mol. The number of thiophene rings is 1. The van der Waals surface area contributed by atoms with Crippen LogP contribution in [0.25, 0.3) is 20.8 Å². The first-order valence-corrected chi connectivity index (χ1v) is 16.2. The summed E-state index contributed by atoms with van der Waals surface area (Å²) in [6.07, 6.45) is 7.67. The van der Waals surface area contributed by atoms with Crippen LogP contribution in [0.2, 0.25) is 0 Å². The van der Waals surface area contributed by atoms with Gasteiger partial charge in [0, 0.05) is 64.0 Å². The highest BCUT2D eigenvalue weighted by molar-refractivity contribution is 7.22. The Hall–Kier alpha value is -4.38. The average Bonchev–Trinajstić information content (AvgIpc) is 3.75. The number of nitrogens with one attached hydrogen (secondary N) is 1. The standard InChI is InChI=1S/C34H36FN5O4S/c1-3-36-34(43)39(2)24-11-14-40(15-12-24)33(42)23-7-8-27(38-20-23)31-19-28-32(45-31)30(10-13-37-28)44-29-9-6-22(18-26(29)35)17-25(41)16-21-4-5-21/h6-10,13,18-21,24H,3-5,11-12,14-17H2,1-2H3,(H,36,43). The minimum Gasteiger partial charge on any atom is -0.453 e. The smallest absolute Gasteiger partial charge is 0.317 e. The quantitative estimate of drug-likeness (QED) is 0.216. The number of hydrogen-bond acceptors (Lipinski definition) is 7. The number of ketones is 1. The minimum atomic E-state index is -0.520. The molecule has 2 fully saturated rings. The summed E-state index contributed by atoms with van der Waals surface area (Å²) >= 11 is 1.43. The van der Waals surface area contributed by atoms with E-state index in [4.69, 9.17) is 4.74 Å². The second kappa shape index (κ2) is 13.3. The zero-order chi connectivity index (χ0) is 31.5. The van der Waals surface area contributed by atoms with Gasteiger partial charge in [-0.15, -0.1) is 11.3 Å². The van der Waals surface area contributed by atoms with E-state index in [2.05, 4.69) is 15.3 Å². The van der Waals surface area contributed by atoms with Crippen LogP contribution in [0.1, 0.15) is 54.9 Å².